The normalized spacial score (nSPS) is 12.7. The minimum Gasteiger partial charge on any atom is -0.491 e. The van der Waals surface area contributed by atoms with Crippen molar-refractivity contribution in [2.24, 2.45) is 7.05 Å². The van der Waals surface area contributed by atoms with E-state index in [1.165, 1.54) is 21.8 Å². The van der Waals surface area contributed by atoms with Crippen LogP contribution in [0.25, 0.3) is 11.0 Å². The molecule has 3 aromatic rings. The molecule has 8 heteroatoms. The van der Waals surface area contributed by atoms with E-state index in [0.717, 1.165) is 11.1 Å². The smallest absolute Gasteiger partial charge is 0.264 e. The molecule has 1 N–H and O–H groups in total. The second kappa shape index (κ2) is 7.70. The monoisotopic (exact) mass is 390 g/mol. The fourth-order valence-corrected chi connectivity index (χ4v) is 3.08. The molecule has 2 heterocycles. The molecule has 7 nitrogen and oxygen atoms in total. The summed E-state index contributed by atoms with van der Waals surface area (Å²) in [5.41, 5.74) is 2.17. The van der Waals surface area contributed by atoms with Crippen molar-refractivity contribution in [3.05, 3.63) is 51.2 Å². The molecule has 2 aromatic heterocycles. The lowest BCUT2D eigenvalue weighted by Crippen LogP contribution is -2.30. The molecule has 0 aliphatic carbocycles. The third kappa shape index (κ3) is 3.99. The number of nitrogens with zero attached hydrogens (tertiary/aromatic N) is 4. The van der Waals surface area contributed by atoms with Crippen LogP contribution in [0.1, 0.15) is 30.9 Å². The Hall–Kier alpha value is -2.38. The minimum atomic E-state index is -0.866. The first-order valence-corrected chi connectivity index (χ1v) is 9.13. The van der Waals surface area contributed by atoms with Crippen molar-refractivity contribution in [3.8, 4) is 5.75 Å². The predicted molar refractivity (Wildman–Crippen MR) is 105 cm³/mol. The Morgan fingerprint density at radius 3 is 2.78 bits per heavy atom. The lowest BCUT2D eigenvalue weighted by molar-refractivity contribution is 0.0908. The molecule has 0 aliphatic rings. The maximum absolute atomic E-state index is 12.5. The quantitative estimate of drug-likeness (QED) is 0.699. The average Bonchev–Trinajstić information content (AvgIpc) is 2.99. The molecule has 0 radical (unpaired) electrons. The molecule has 0 amide bonds. The number of ether oxygens (including phenoxy) is 1. The summed E-state index contributed by atoms with van der Waals surface area (Å²) in [4.78, 5) is 16.7. The van der Waals surface area contributed by atoms with E-state index in [2.05, 4.69) is 23.9 Å². The van der Waals surface area contributed by atoms with Crippen LogP contribution in [-0.2, 0) is 13.6 Å². The highest BCUT2D eigenvalue weighted by Gasteiger charge is 2.15. The van der Waals surface area contributed by atoms with E-state index in [0.29, 0.717) is 21.8 Å². The van der Waals surface area contributed by atoms with Gasteiger partial charge in [0.1, 0.15) is 30.2 Å². The van der Waals surface area contributed by atoms with Gasteiger partial charge in [0.05, 0.1) is 12.7 Å². The Balaban J connectivity index is 1.74. The number of benzene rings is 1. The average molecular weight is 391 g/mol. The minimum absolute atomic E-state index is 0.0539. The van der Waals surface area contributed by atoms with Crippen LogP contribution < -0.4 is 10.3 Å². The summed E-state index contributed by atoms with van der Waals surface area (Å²) in [5.74, 6) is 0.925. The van der Waals surface area contributed by atoms with E-state index in [1.54, 1.807) is 7.05 Å². The second-order valence-corrected chi connectivity index (χ2v) is 7.37. The zero-order valence-corrected chi connectivity index (χ0v) is 16.6. The summed E-state index contributed by atoms with van der Waals surface area (Å²) in [6.07, 6.45) is 2.03. The van der Waals surface area contributed by atoms with Crippen molar-refractivity contribution in [1.82, 2.24) is 19.3 Å². The Morgan fingerprint density at radius 1 is 1.33 bits per heavy atom. The van der Waals surface area contributed by atoms with Gasteiger partial charge in [0, 0.05) is 12.1 Å². The van der Waals surface area contributed by atoms with Crippen molar-refractivity contribution >= 4 is 22.6 Å². The Labute approximate surface area is 162 Å². The summed E-state index contributed by atoms with van der Waals surface area (Å²) in [6, 6.07) is 3.77. The molecule has 3 rings (SSSR count). The molecular formula is C19H23ClN4O3. The third-order valence-corrected chi connectivity index (χ3v) is 4.88. The van der Waals surface area contributed by atoms with Crippen LogP contribution in [0.15, 0.2) is 29.5 Å². The highest BCUT2D eigenvalue weighted by Crippen LogP contribution is 2.32. The lowest BCUT2D eigenvalue weighted by atomic mass is 10.0. The molecule has 1 unspecified atom stereocenters. The van der Waals surface area contributed by atoms with Gasteiger partial charge in [-0.3, -0.25) is 14.0 Å². The summed E-state index contributed by atoms with van der Waals surface area (Å²) >= 11 is 6.21. The molecule has 0 bridgehead atoms. The van der Waals surface area contributed by atoms with Crippen molar-refractivity contribution in [1.29, 1.82) is 0 Å². The van der Waals surface area contributed by atoms with E-state index in [-0.39, 0.29) is 24.6 Å². The number of aromatic nitrogens is 4. The van der Waals surface area contributed by atoms with Crippen LogP contribution in [0.5, 0.6) is 5.75 Å². The van der Waals surface area contributed by atoms with Gasteiger partial charge in [-0.1, -0.05) is 25.4 Å². The van der Waals surface area contributed by atoms with Crippen molar-refractivity contribution in [3.63, 3.8) is 0 Å². The molecule has 0 spiro atoms. The van der Waals surface area contributed by atoms with E-state index < -0.39 is 6.10 Å². The van der Waals surface area contributed by atoms with E-state index >= 15 is 0 Å². The number of aliphatic hydroxyl groups excluding tert-OH is 1. The maximum atomic E-state index is 12.5. The predicted octanol–water partition coefficient (Wildman–Crippen LogP) is 2.66. The molecule has 27 heavy (non-hydrogen) atoms. The number of hydrogen-bond acceptors (Lipinski definition) is 5. The van der Waals surface area contributed by atoms with Crippen molar-refractivity contribution < 1.29 is 9.84 Å². The molecule has 1 atom stereocenters. The zero-order chi connectivity index (χ0) is 19.7. The maximum Gasteiger partial charge on any atom is 0.264 e. The molecule has 1 aromatic carbocycles. The van der Waals surface area contributed by atoms with E-state index in [1.807, 2.05) is 19.1 Å². The van der Waals surface area contributed by atoms with Gasteiger partial charge in [0.15, 0.2) is 5.65 Å². The Morgan fingerprint density at radius 2 is 2.07 bits per heavy atom. The number of halogens is 1. The van der Waals surface area contributed by atoms with Gasteiger partial charge in [0.25, 0.3) is 5.56 Å². The fraction of sp³-hybridized carbons (Fsp3) is 0.421. The van der Waals surface area contributed by atoms with Gasteiger partial charge < -0.3 is 9.84 Å². The van der Waals surface area contributed by atoms with Gasteiger partial charge in [0.2, 0.25) is 0 Å². The van der Waals surface area contributed by atoms with Gasteiger partial charge in [-0.15, -0.1) is 0 Å². The van der Waals surface area contributed by atoms with E-state index in [4.69, 9.17) is 16.3 Å². The largest absolute Gasteiger partial charge is 0.491 e. The molecule has 144 valence electrons. The summed E-state index contributed by atoms with van der Waals surface area (Å²) in [5, 5.41) is 15.5. The Kier molecular flexibility index (Phi) is 5.53. The molecule has 0 saturated carbocycles. The van der Waals surface area contributed by atoms with Crippen LogP contribution in [-0.4, -0.2) is 37.1 Å². The number of aliphatic hydroxyl groups is 1. The fourth-order valence-electron chi connectivity index (χ4n) is 2.91. The lowest BCUT2D eigenvalue weighted by Gasteiger charge is -2.18. The van der Waals surface area contributed by atoms with Gasteiger partial charge in [-0.05, 0) is 36.1 Å². The van der Waals surface area contributed by atoms with E-state index in [9.17, 15) is 9.90 Å². The summed E-state index contributed by atoms with van der Waals surface area (Å²) < 4.78 is 8.75. The Bertz CT molecular complexity index is 1030. The first kappa shape index (κ1) is 19.4. The van der Waals surface area contributed by atoms with Crippen molar-refractivity contribution in [2.75, 3.05) is 6.61 Å². The number of fused-ring (bicyclic) bond motifs is 1. The van der Waals surface area contributed by atoms with Crippen LogP contribution >= 0.6 is 11.6 Å². The molecular weight excluding hydrogens is 368 g/mol. The number of aryl methyl sites for hydroxylation is 2. The van der Waals surface area contributed by atoms with Crippen LogP contribution in [0.4, 0.5) is 0 Å². The van der Waals surface area contributed by atoms with Gasteiger partial charge in [-0.2, -0.15) is 5.10 Å². The van der Waals surface area contributed by atoms with Crippen molar-refractivity contribution in [2.45, 2.75) is 39.3 Å². The SMILES string of the molecule is Cc1cc(OCC(O)Cn2cnc3c(cnn3C)c2=O)c(C(C)C)cc1Cl. The number of hydrogen-bond donors (Lipinski definition) is 1. The first-order chi connectivity index (χ1) is 12.8. The topological polar surface area (TPSA) is 82.2 Å². The molecule has 0 aliphatic heterocycles. The standard InChI is InChI=1S/C19H23ClN4O3/c1-11(2)14-6-16(20)12(3)5-17(14)27-9-13(25)8-24-10-21-18-15(19(24)26)7-22-23(18)4/h5-7,10-11,13,25H,8-9H2,1-4H3. The van der Waals surface area contributed by atoms with Gasteiger partial charge >= 0.3 is 0 Å². The zero-order valence-electron chi connectivity index (χ0n) is 15.8. The van der Waals surface area contributed by atoms with Crippen LogP contribution in [0, 0.1) is 6.92 Å². The second-order valence-electron chi connectivity index (χ2n) is 6.97. The van der Waals surface area contributed by atoms with Crippen LogP contribution in [0.2, 0.25) is 5.02 Å². The summed E-state index contributed by atoms with van der Waals surface area (Å²) in [6.45, 7) is 6.15. The van der Waals surface area contributed by atoms with Gasteiger partial charge in [-0.25, -0.2) is 4.98 Å². The molecule has 0 fully saturated rings. The van der Waals surface area contributed by atoms with Crippen LogP contribution in [0.3, 0.4) is 0 Å². The highest BCUT2D eigenvalue weighted by atomic mass is 35.5. The third-order valence-electron chi connectivity index (χ3n) is 4.47. The number of rotatable bonds is 6. The highest BCUT2D eigenvalue weighted by molar-refractivity contribution is 6.31. The summed E-state index contributed by atoms with van der Waals surface area (Å²) in [7, 11) is 1.72. The molecule has 0 saturated heterocycles. The first-order valence-electron chi connectivity index (χ1n) is 8.76.